The lowest BCUT2D eigenvalue weighted by molar-refractivity contribution is -0.0679. The SMILES string of the molecule is COc1ccc(OCOC2COc3ccc4ccccc4c3-c3c(ccc4ccccc34)OC2)cc1. The minimum atomic E-state index is -0.319. The molecule has 0 fully saturated rings. The topological polar surface area (TPSA) is 46.2 Å². The summed E-state index contributed by atoms with van der Waals surface area (Å²) < 4.78 is 29.8. The van der Waals surface area contributed by atoms with Crippen LogP contribution in [0.15, 0.2) is 97.1 Å². The number of rotatable bonds is 5. The molecule has 0 aliphatic carbocycles. The molecule has 0 saturated heterocycles. The standard InChI is InChI=1S/C31H26O5/c1-32-23-12-14-24(15-13-23)35-20-36-25-18-33-28-16-10-21-6-2-4-8-26(21)30(28)31-27-9-5-3-7-22(27)11-17-29(31)34-19-25/h2-17,25H,18-20H2,1H3. The Bertz CT molecular complexity index is 1420. The molecule has 0 aromatic heterocycles. The van der Waals surface area contributed by atoms with Crippen LogP contribution in [0.2, 0.25) is 0 Å². The van der Waals surface area contributed by atoms with Crippen LogP contribution < -0.4 is 18.9 Å². The lowest BCUT2D eigenvalue weighted by Crippen LogP contribution is -2.30. The molecule has 0 atom stereocenters. The summed E-state index contributed by atoms with van der Waals surface area (Å²) in [5, 5.41) is 4.55. The molecule has 0 spiro atoms. The molecule has 5 aromatic rings. The number of hydrogen-bond acceptors (Lipinski definition) is 5. The van der Waals surface area contributed by atoms with Crippen molar-refractivity contribution >= 4 is 21.5 Å². The summed E-state index contributed by atoms with van der Waals surface area (Å²) in [4.78, 5) is 0. The zero-order valence-corrected chi connectivity index (χ0v) is 20.0. The zero-order chi connectivity index (χ0) is 24.3. The first-order chi connectivity index (χ1) is 17.8. The van der Waals surface area contributed by atoms with Crippen molar-refractivity contribution in [3.05, 3.63) is 97.1 Å². The van der Waals surface area contributed by atoms with Crippen LogP contribution in [0.5, 0.6) is 23.0 Å². The van der Waals surface area contributed by atoms with Crippen LogP contribution in [0.3, 0.4) is 0 Å². The molecule has 1 heterocycles. The Morgan fingerprint density at radius 3 is 1.72 bits per heavy atom. The van der Waals surface area contributed by atoms with Gasteiger partial charge in [0, 0.05) is 11.1 Å². The van der Waals surface area contributed by atoms with Crippen LogP contribution >= 0.6 is 0 Å². The van der Waals surface area contributed by atoms with Crippen molar-refractivity contribution in [2.24, 2.45) is 0 Å². The highest BCUT2D eigenvalue weighted by Gasteiger charge is 2.23. The van der Waals surface area contributed by atoms with Gasteiger partial charge in [0.2, 0.25) is 0 Å². The van der Waals surface area contributed by atoms with Gasteiger partial charge in [0.25, 0.3) is 0 Å². The molecule has 5 aromatic carbocycles. The van der Waals surface area contributed by atoms with E-state index in [1.165, 1.54) is 0 Å². The molecule has 0 N–H and O–H groups in total. The Balaban J connectivity index is 1.34. The number of benzene rings is 5. The predicted molar refractivity (Wildman–Crippen MR) is 141 cm³/mol. The van der Waals surface area contributed by atoms with Crippen molar-refractivity contribution < 1.29 is 23.7 Å². The second kappa shape index (κ2) is 9.80. The predicted octanol–water partition coefficient (Wildman–Crippen LogP) is 6.86. The maximum absolute atomic E-state index is 6.39. The number of fused-ring (bicyclic) bond motifs is 7. The molecule has 5 heteroatoms. The Morgan fingerprint density at radius 1 is 0.639 bits per heavy atom. The van der Waals surface area contributed by atoms with Gasteiger partial charge in [0.1, 0.15) is 42.3 Å². The second-order valence-electron chi connectivity index (χ2n) is 8.67. The van der Waals surface area contributed by atoms with Gasteiger partial charge in [-0.05, 0) is 57.9 Å². The summed E-state index contributed by atoms with van der Waals surface area (Å²) in [6.07, 6.45) is -0.319. The molecule has 0 radical (unpaired) electrons. The molecule has 0 amide bonds. The minimum Gasteiger partial charge on any atom is -0.497 e. The van der Waals surface area contributed by atoms with Gasteiger partial charge in [0.15, 0.2) is 6.79 Å². The van der Waals surface area contributed by atoms with Gasteiger partial charge >= 0.3 is 0 Å². The number of methoxy groups -OCH3 is 1. The van der Waals surface area contributed by atoms with Crippen molar-refractivity contribution in [2.45, 2.75) is 6.10 Å². The smallest absolute Gasteiger partial charge is 0.189 e. The van der Waals surface area contributed by atoms with Crippen LogP contribution in [-0.4, -0.2) is 33.2 Å². The van der Waals surface area contributed by atoms with E-state index in [0.29, 0.717) is 19.0 Å². The van der Waals surface area contributed by atoms with Crippen LogP contribution in [0, 0.1) is 0 Å². The normalized spacial score (nSPS) is 13.5. The molecule has 0 unspecified atom stereocenters. The molecule has 5 nitrogen and oxygen atoms in total. The van der Waals surface area contributed by atoms with Gasteiger partial charge in [-0.25, -0.2) is 0 Å². The van der Waals surface area contributed by atoms with E-state index in [-0.39, 0.29) is 12.9 Å². The van der Waals surface area contributed by atoms with Crippen molar-refractivity contribution in [1.29, 1.82) is 0 Å². The van der Waals surface area contributed by atoms with Crippen molar-refractivity contribution in [3.63, 3.8) is 0 Å². The van der Waals surface area contributed by atoms with E-state index in [1.54, 1.807) is 7.11 Å². The quantitative estimate of drug-likeness (QED) is 0.258. The summed E-state index contributed by atoms with van der Waals surface area (Å²) in [6.45, 7) is 0.755. The Labute approximate surface area is 209 Å². The van der Waals surface area contributed by atoms with Gasteiger partial charge in [0.05, 0.1) is 7.11 Å². The van der Waals surface area contributed by atoms with Crippen LogP contribution in [-0.2, 0) is 4.74 Å². The van der Waals surface area contributed by atoms with Gasteiger partial charge in [-0.3, -0.25) is 0 Å². The fraction of sp³-hybridized carbons (Fsp3) is 0.161. The van der Waals surface area contributed by atoms with Gasteiger partial charge < -0.3 is 23.7 Å². The fourth-order valence-corrected chi connectivity index (χ4v) is 4.64. The third-order valence-corrected chi connectivity index (χ3v) is 6.47. The first-order valence-electron chi connectivity index (χ1n) is 12.0. The number of hydrogen-bond donors (Lipinski definition) is 0. The molecule has 180 valence electrons. The highest BCUT2D eigenvalue weighted by atomic mass is 16.7. The van der Waals surface area contributed by atoms with E-state index < -0.39 is 0 Å². The first-order valence-corrected chi connectivity index (χ1v) is 12.0. The van der Waals surface area contributed by atoms with E-state index in [1.807, 2.05) is 36.4 Å². The Morgan fingerprint density at radius 2 is 1.17 bits per heavy atom. The maximum atomic E-state index is 6.39. The van der Waals surface area contributed by atoms with Crippen LogP contribution in [0.4, 0.5) is 0 Å². The monoisotopic (exact) mass is 478 g/mol. The van der Waals surface area contributed by atoms with Crippen molar-refractivity contribution in [2.75, 3.05) is 27.1 Å². The first kappa shape index (κ1) is 22.3. The third-order valence-electron chi connectivity index (χ3n) is 6.47. The molecular formula is C31H26O5. The van der Waals surface area contributed by atoms with Crippen LogP contribution in [0.1, 0.15) is 0 Å². The van der Waals surface area contributed by atoms with E-state index in [9.17, 15) is 0 Å². The average molecular weight is 479 g/mol. The highest BCUT2D eigenvalue weighted by molar-refractivity contribution is 6.09. The van der Waals surface area contributed by atoms with E-state index in [2.05, 4.69) is 60.7 Å². The molecule has 0 saturated carbocycles. The summed E-state index contributed by atoms with van der Waals surface area (Å²) >= 11 is 0. The molecule has 0 bridgehead atoms. The van der Waals surface area contributed by atoms with Crippen molar-refractivity contribution in [1.82, 2.24) is 0 Å². The zero-order valence-electron chi connectivity index (χ0n) is 20.0. The summed E-state index contributed by atoms with van der Waals surface area (Å²) in [5.74, 6) is 3.09. The summed E-state index contributed by atoms with van der Waals surface area (Å²) in [5.41, 5.74) is 2.07. The molecule has 36 heavy (non-hydrogen) atoms. The molecule has 1 aliphatic heterocycles. The van der Waals surface area contributed by atoms with E-state index >= 15 is 0 Å². The Hall–Kier alpha value is -4.22. The third kappa shape index (κ3) is 4.30. The highest BCUT2D eigenvalue weighted by Crippen LogP contribution is 2.46. The van der Waals surface area contributed by atoms with Gasteiger partial charge in [-0.2, -0.15) is 0 Å². The Kier molecular flexibility index (Phi) is 6.06. The van der Waals surface area contributed by atoms with E-state index in [4.69, 9.17) is 23.7 Å². The van der Waals surface area contributed by atoms with E-state index in [0.717, 1.165) is 49.9 Å². The maximum Gasteiger partial charge on any atom is 0.189 e. The molecule has 1 aliphatic rings. The van der Waals surface area contributed by atoms with Gasteiger partial charge in [-0.1, -0.05) is 60.7 Å². The minimum absolute atomic E-state index is 0.0822. The summed E-state index contributed by atoms with van der Waals surface area (Å²) in [7, 11) is 1.64. The van der Waals surface area contributed by atoms with Crippen LogP contribution in [0.25, 0.3) is 32.7 Å². The lowest BCUT2D eigenvalue weighted by atomic mass is 9.92. The number of ether oxygens (including phenoxy) is 5. The molecule has 6 rings (SSSR count). The molecular weight excluding hydrogens is 452 g/mol. The summed E-state index contributed by atoms with van der Waals surface area (Å²) in [6, 6.07) is 32.4. The second-order valence-corrected chi connectivity index (χ2v) is 8.67. The van der Waals surface area contributed by atoms with Gasteiger partial charge in [-0.15, -0.1) is 0 Å². The largest absolute Gasteiger partial charge is 0.497 e. The average Bonchev–Trinajstić information content (AvgIpc) is 3.01. The van der Waals surface area contributed by atoms with Crippen molar-refractivity contribution in [3.8, 4) is 34.1 Å². The lowest BCUT2D eigenvalue weighted by Gasteiger charge is -2.18. The fourth-order valence-electron chi connectivity index (χ4n) is 4.64.